The Morgan fingerprint density at radius 3 is 2.50 bits per heavy atom. The van der Waals surface area contributed by atoms with E-state index in [9.17, 15) is 4.79 Å². The summed E-state index contributed by atoms with van der Waals surface area (Å²) in [6.07, 6.45) is 4.63. The summed E-state index contributed by atoms with van der Waals surface area (Å²) >= 11 is 0.383. The summed E-state index contributed by atoms with van der Waals surface area (Å²) in [6, 6.07) is 22.9. The van der Waals surface area contributed by atoms with Crippen LogP contribution in [-0.2, 0) is 11.3 Å². The van der Waals surface area contributed by atoms with Crippen molar-refractivity contribution in [2.45, 2.75) is 25.8 Å². The Kier molecular flexibility index (Phi) is 7.97. The molecule has 1 heterocycles. The predicted molar refractivity (Wildman–Crippen MR) is 135 cm³/mol. The molecule has 0 radical (unpaired) electrons. The molecule has 34 heavy (non-hydrogen) atoms. The third-order valence-corrected chi connectivity index (χ3v) is 7.83. The summed E-state index contributed by atoms with van der Waals surface area (Å²) in [5.74, 6) is 1.15. The van der Waals surface area contributed by atoms with Gasteiger partial charge in [-0.15, -0.1) is 0 Å². The third-order valence-electron chi connectivity index (χ3n) is 5.12. The van der Waals surface area contributed by atoms with Gasteiger partial charge in [-0.2, -0.15) is 0 Å². The molecule has 1 aromatic heterocycles. The molecule has 4 aromatic rings. The van der Waals surface area contributed by atoms with E-state index in [1.165, 1.54) is 15.6 Å². The van der Waals surface area contributed by atoms with Crippen molar-refractivity contribution >= 4 is 36.5 Å². The van der Waals surface area contributed by atoms with Crippen molar-refractivity contribution in [3.05, 3.63) is 108 Å². The molecule has 172 valence electrons. The van der Waals surface area contributed by atoms with E-state index in [0.29, 0.717) is 20.7 Å². The molecule has 0 amide bonds. The number of nitrogens with zero attached hydrogens (tertiary/aromatic N) is 1. The minimum absolute atomic E-state index is 0.107. The quantitative estimate of drug-likeness (QED) is 0.165. The zero-order valence-corrected chi connectivity index (χ0v) is 20.8. The monoisotopic (exact) mass is 519 g/mol. The second kappa shape index (κ2) is 11.5. The van der Waals surface area contributed by atoms with E-state index in [-0.39, 0.29) is 6.61 Å². The topological polar surface area (TPSA) is 57.7 Å². The fourth-order valence-corrected chi connectivity index (χ4v) is 5.37. The number of carbonyl (C=O) groups is 1. The van der Waals surface area contributed by atoms with Crippen LogP contribution in [0.3, 0.4) is 0 Å². The van der Waals surface area contributed by atoms with E-state index < -0.39 is 6.16 Å². The van der Waals surface area contributed by atoms with Crippen LogP contribution >= 0.6 is 0 Å². The molecule has 0 unspecified atom stereocenters. The molecule has 0 aliphatic carbocycles. The number of hydrogen-bond acceptors (Lipinski definition) is 5. The number of benzene rings is 3. The van der Waals surface area contributed by atoms with Crippen molar-refractivity contribution in [3.8, 4) is 11.5 Å². The van der Waals surface area contributed by atoms with Crippen molar-refractivity contribution in [2.24, 2.45) is 0 Å². The van der Waals surface area contributed by atoms with Crippen LogP contribution in [0.1, 0.15) is 16.7 Å². The molecular formula is C28H25NO4Se. The van der Waals surface area contributed by atoms with Crippen molar-refractivity contribution in [2.75, 3.05) is 0 Å². The Bertz CT molecular complexity index is 1280. The minimum atomic E-state index is -0.759. The van der Waals surface area contributed by atoms with Gasteiger partial charge in [-0.25, -0.2) is 0 Å². The molecule has 0 N–H and O–H groups in total. The summed E-state index contributed by atoms with van der Waals surface area (Å²) in [4.78, 5) is 16.4. The first-order chi connectivity index (χ1) is 16.6. The Morgan fingerprint density at radius 1 is 0.941 bits per heavy atom. The van der Waals surface area contributed by atoms with Crippen molar-refractivity contribution in [1.82, 2.24) is 4.98 Å². The Labute approximate surface area is 205 Å². The molecule has 0 fully saturated rings. The van der Waals surface area contributed by atoms with E-state index in [1.54, 1.807) is 18.5 Å². The summed E-state index contributed by atoms with van der Waals surface area (Å²) in [7, 11) is 0. The molecule has 6 heteroatoms. The maximum atomic E-state index is 12.1. The molecule has 0 saturated heterocycles. The molecule has 0 aliphatic rings. The molecule has 5 nitrogen and oxygen atoms in total. The molecular weight excluding hydrogens is 493 g/mol. The van der Waals surface area contributed by atoms with Crippen LogP contribution in [0.4, 0.5) is 4.79 Å². The van der Waals surface area contributed by atoms with Gasteiger partial charge >= 0.3 is 148 Å². The van der Waals surface area contributed by atoms with Crippen LogP contribution in [0, 0.1) is 13.8 Å². The maximum absolute atomic E-state index is 12.1. The molecule has 0 atom stereocenters. The Balaban J connectivity index is 1.23. The molecule has 0 aliphatic heterocycles. The van der Waals surface area contributed by atoms with Gasteiger partial charge in [0.05, 0.1) is 5.52 Å². The van der Waals surface area contributed by atoms with Crippen molar-refractivity contribution < 1.29 is 19.0 Å². The molecule has 0 saturated carbocycles. The van der Waals surface area contributed by atoms with Gasteiger partial charge in [-0.05, 0) is 12.1 Å². The number of aromatic nitrogens is 1. The number of carbonyl (C=O) groups excluding carboxylic acids is 1. The van der Waals surface area contributed by atoms with Gasteiger partial charge in [-0.1, -0.05) is 12.1 Å². The van der Waals surface area contributed by atoms with Gasteiger partial charge < -0.3 is 0 Å². The first-order valence-corrected chi connectivity index (χ1v) is 12.9. The van der Waals surface area contributed by atoms with Gasteiger partial charge in [0, 0.05) is 17.6 Å². The molecule has 0 bridgehead atoms. The summed E-state index contributed by atoms with van der Waals surface area (Å²) in [5.41, 5.74) is 4.30. The number of ether oxygens (including phenoxy) is 3. The number of fused-ring (bicyclic) bond motifs is 1. The van der Waals surface area contributed by atoms with Crippen LogP contribution < -0.4 is 13.9 Å². The second-order valence-electron chi connectivity index (χ2n) is 7.63. The average molecular weight is 518 g/mol. The van der Waals surface area contributed by atoms with Crippen LogP contribution in [0.5, 0.6) is 11.5 Å². The van der Waals surface area contributed by atoms with Gasteiger partial charge in [-0.3, -0.25) is 4.98 Å². The Hall–Kier alpha value is -3.60. The first kappa shape index (κ1) is 23.6. The van der Waals surface area contributed by atoms with E-state index in [2.05, 4.69) is 43.1 Å². The van der Waals surface area contributed by atoms with Crippen LogP contribution in [0.15, 0.2) is 91.3 Å². The number of rotatable bonds is 8. The average Bonchev–Trinajstić information content (AvgIpc) is 2.85. The van der Waals surface area contributed by atoms with Gasteiger partial charge in [0.1, 0.15) is 5.75 Å². The zero-order valence-electron chi connectivity index (χ0n) is 19.1. The zero-order chi connectivity index (χ0) is 23.8. The van der Waals surface area contributed by atoms with E-state index >= 15 is 0 Å². The van der Waals surface area contributed by atoms with Gasteiger partial charge in [0.2, 0.25) is 0 Å². The van der Waals surface area contributed by atoms with Gasteiger partial charge in [0.25, 0.3) is 0 Å². The number of aryl methyl sites for hydroxylation is 2. The fraction of sp³-hybridized carbons (Fsp3) is 0.143. The second-order valence-corrected chi connectivity index (χ2v) is 9.79. The van der Waals surface area contributed by atoms with E-state index in [1.807, 2.05) is 48.5 Å². The summed E-state index contributed by atoms with van der Waals surface area (Å²) in [6.45, 7) is 4.43. The standard InChI is InChI=1S/C28H25NO4Se/c1-20-7-5-8-21(2)27(20)34-18-6-17-31-23-13-11-22(12-14-23)19-32-28(30)33-26-15-16-29-25-10-4-3-9-24(25)26/h3-17H,18-19H2,1-2H3. The number of pyridine rings is 1. The molecule has 3 aromatic carbocycles. The molecule has 0 spiro atoms. The fourth-order valence-electron chi connectivity index (χ4n) is 3.41. The first-order valence-electron chi connectivity index (χ1n) is 10.9. The summed E-state index contributed by atoms with van der Waals surface area (Å²) < 4.78 is 17.8. The third kappa shape index (κ3) is 6.25. The van der Waals surface area contributed by atoms with E-state index in [0.717, 1.165) is 27.5 Å². The van der Waals surface area contributed by atoms with E-state index in [4.69, 9.17) is 14.2 Å². The summed E-state index contributed by atoms with van der Waals surface area (Å²) in [5, 5.41) is 1.73. The number of allylic oxidation sites excluding steroid dienone is 1. The predicted octanol–water partition coefficient (Wildman–Crippen LogP) is 5.91. The number of para-hydroxylation sites is 1. The molecule has 4 rings (SSSR count). The normalized spacial score (nSPS) is 11.0. The van der Waals surface area contributed by atoms with Crippen molar-refractivity contribution in [1.29, 1.82) is 0 Å². The van der Waals surface area contributed by atoms with Crippen LogP contribution in [-0.4, -0.2) is 26.1 Å². The number of hydrogen-bond donors (Lipinski definition) is 0. The SMILES string of the molecule is Cc1cccc(C)c1[Se]CC=COc1ccc(COC(=O)Oc2ccnc3ccccc23)cc1. The van der Waals surface area contributed by atoms with Crippen molar-refractivity contribution in [3.63, 3.8) is 0 Å². The van der Waals surface area contributed by atoms with Gasteiger partial charge in [0.15, 0.2) is 0 Å². The van der Waals surface area contributed by atoms with Crippen LogP contribution in [0.2, 0.25) is 5.32 Å². The van der Waals surface area contributed by atoms with Crippen LogP contribution in [0.25, 0.3) is 10.9 Å². The Morgan fingerprint density at radius 2 is 1.71 bits per heavy atom.